The third-order valence-electron chi connectivity index (χ3n) is 14.9. The van der Waals surface area contributed by atoms with E-state index < -0.39 is 10.9 Å². The Bertz CT molecular complexity index is 2820. The maximum atomic E-state index is 11.4. The van der Waals surface area contributed by atoms with Gasteiger partial charge in [-0.3, -0.25) is 4.57 Å². The minimum absolute atomic E-state index is 0.618. The summed E-state index contributed by atoms with van der Waals surface area (Å²) in [5, 5.41) is 29.4. The minimum Gasteiger partial charge on any atom is -0.375 e. The van der Waals surface area contributed by atoms with Crippen LogP contribution in [0.2, 0.25) is 0 Å². The van der Waals surface area contributed by atoms with Crippen LogP contribution >= 0.6 is 0 Å². The number of aromatic nitrogens is 2. The van der Waals surface area contributed by atoms with Gasteiger partial charge in [-0.15, -0.1) is 32.8 Å². The first-order valence-corrected chi connectivity index (χ1v) is 19.9. The molecule has 0 aliphatic heterocycles. The Morgan fingerprint density at radius 3 is 1.22 bits per heavy atom. The molecule has 4 nitrogen and oxygen atoms in total. The summed E-state index contributed by atoms with van der Waals surface area (Å²) >= 11 is 0. The number of aliphatic hydroxyl groups is 2. The predicted octanol–water partition coefficient (Wildman–Crippen LogP) is -22.3. The summed E-state index contributed by atoms with van der Waals surface area (Å²) in [6.07, 6.45) is 0. The molecule has 2 N–H and O–H groups in total. The van der Waals surface area contributed by atoms with Crippen LogP contribution in [0.3, 0.4) is 0 Å². The van der Waals surface area contributed by atoms with Crippen LogP contribution < -0.4 is 81.9 Å². The van der Waals surface area contributed by atoms with E-state index in [-0.39, 0.29) is 0 Å². The van der Waals surface area contributed by atoms with Crippen molar-refractivity contribution in [2.45, 2.75) is 10.9 Å². The van der Waals surface area contributed by atoms with Gasteiger partial charge < -0.3 is 10.2 Å². The molecule has 7 rings (SSSR count). The van der Waals surface area contributed by atoms with E-state index in [1.807, 2.05) is 27.8 Å². The molecule has 0 aliphatic carbocycles. The molecule has 6 aromatic carbocycles. The maximum Gasteiger partial charge on any atom is 0.177 e. The first kappa shape index (κ1) is 39.9. The minimum atomic E-state index is -2.05. The molecule has 0 radical (unpaired) electrons. The summed E-state index contributed by atoms with van der Waals surface area (Å²) in [6, 6.07) is 8.24. The van der Waals surface area contributed by atoms with Gasteiger partial charge >= 0.3 is 0 Å². The summed E-state index contributed by atoms with van der Waals surface area (Å²) in [5.41, 5.74) is 23.0. The Labute approximate surface area is 342 Å². The van der Waals surface area contributed by atoms with Gasteiger partial charge in [-0.25, -0.2) is 4.98 Å². The molecule has 0 saturated heterocycles. The quantitative estimate of drug-likeness (QED) is 0.110. The highest BCUT2D eigenvalue weighted by Gasteiger charge is 2.43. The number of para-hydroxylation sites is 2. The van der Waals surface area contributed by atoms with Crippen LogP contribution in [0.15, 0.2) is 24.3 Å². The molecule has 55 heavy (non-hydrogen) atoms. The van der Waals surface area contributed by atoms with E-state index in [9.17, 15) is 10.2 Å². The lowest BCUT2D eigenvalue weighted by atomic mass is 9.45. The maximum absolute atomic E-state index is 11.4. The van der Waals surface area contributed by atoms with Gasteiger partial charge in [0.15, 0.2) is 7.85 Å². The highest BCUT2D eigenvalue weighted by molar-refractivity contribution is 6.74. The van der Waals surface area contributed by atoms with Crippen molar-refractivity contribution in [3.8, 4) is 16.8 Å². The number of imidazole rings is 1. The smallest absolute Gasteiger partial charge is 0.177 e. The lowest BCUT2D eigenvalue weighted by Crippen LogP contribution is -2.55. The van der Waals surface area contributed by atoms with Gasteiger partial charge in [-0.05, 0) is 55.6 Å². The fourth-order valence-electron chi connectivity index (χ4n) is 9.86. The van der Waals surface area contributed by atoms with Crippen molar-refractivity contribution in [2.24, 2.45) is 0 Å². The normalized spacial score (nSPS) is 12.4. The third-order valence-corrected chi connectivity index (χ3v) is 14.9. The Morgan fingerprint density at radius 1 is 0.418 bits per heavy atom. The number of rotatable bonds is 4. The molecule has 0 unspecified atom stereocenters. The Hall–Kier alpha value is -3.34. The molecule has 1 aromatic heterocycles. The third kappa shape index (κ3) is 5.28. The number of benzene rings is 6. The van der Waals surface area contributed by atoms with Gasteiger partial charge in [0, 0.05) is 5.21 Å². The predicted molar refractivity (Wildman–Crippen MR) is 296 cm³/mol. The number of nitrogens with zero attached hydrogens (tertiary/aromatic N) is 2. The van der Waals surface area contributed by atoms with Gasteiger partial charge in [0.05, 0.1) is 16.7 Å². The molecule has 0 amide bonds. The van der Waals surface area contributed by atoms with Gasteiger partial charge in [-0.2, -0.15) is 0 Å². The molecular formula is C33H42B18N2O2. The number of hydrogen-bond donors (Lipinski definition) is 2. The molecule has 0 aliphatic rings. The molecule has 0 atom stereocenters. The summed E-state index contributed by atoms with van der Waals surface area (Å²) in [5.74, 6) is 0.618. The van der Waals surface area contributed by atoms with Crippen LogP contribution in [-0.2, 0) is 5.21 Å². The van der Waals surface area contributed by atoms with Crippen LogP contribution in [0, 0.1) is 0 Å². The highest BCUT2D eigenvalue weighted by atomic mass is 16.5. The van der Waals surface area contributed by atoms with Crippen LogP contribution in [0.25, 0.3) is 60.2 Å². The van der Waals surface area contributed by atoms with Gasteiger partial charge in [0.25, 0.3) is 0 Å². The lowest BCUT2D eigenvalue weighted by Gasteiger charge is -2.37. The fraction of sp³-hybridized carbons (Fsp3) is 0.0606. The average Bonchev–Trinajstić information content (AvgIpc) is 3.53. The van der Waals surface area contributed by atoms with Crippen molar-refractivity contribution < 1.29 is 10.2 Å². The second kappa shape index (κ2) is 13.1. The Balaban J connectivity index is 1.92. The molecule has 0 bridgehead atoms. The molecule has 250 valence electrons. The van der Waals surface area contributed by atoms with Crippen LogP contribution in [0.4, 0.5) is 0 Å². The van der Waals surface area contributed by atoms with E-state index in [2.05, 4.69) is 134 Å². The molecule has 0 spiro atoms. The molecule has 0 fully saturated rings. The van der Waals surface area contributed by atoms with Crippen molar-refractivity contribution in [1.29, 1.82) is 0 Å². The first-order chi connectivity index (χ1) is 25.5. The summed E-state index contributed by atoms with van der Waals surface area (Å²) in [4.78, 5) is 5.26. The van der Waals surface area contributed by atoms with E-state index in [1.54, 1.807) is 0 Å². The molecule has 0 saturated carbocycles. The van der Waals surface area contributed by atoms with Crippen LogP contribution in [-0.4, -0.2) is 167 Å². The molecule has 22 heteroatoms. The first-order valence-electron chi connectivity index (χ1n) is 19.9. The largest absolute Gasteiger partial charge is 0.375 e. The number of hydrogen-bond acceptors (Lipinski definition) is 3. The Morgan fingerprint density at radius 2 is 0.782 bits per heavy atom. The van der Waals surface area contributed by atoms with E-state index in [0.717, 1.165) is 16.7 Å². The van der Waals surface area contributed by atoms with Crippen molar-refractivity contribution in [3.05, 3.63) is 30.1 Å². The Kier molecular flexibility index (Phi) is 9.50. The lowest BCUT2D eigenvalue weighted by molar-refractivity contribution is -0.100. The highest BCUT2D eigenvalue weighted by Crippen LogP contribution is 2.40. The average molecular weight is 693 g/mol. The number of fused-ring (bicyclic) bond motifs is 4. The van der Waals surface area contributed by atoms with Gasteiger partial charge in [0.1, 0.15) is 145 Å². The monoisotopic (exact) mass is 696 g/mol. The van der Waals surface area contributed by atoms with Crippen molar-refractivity contribution in [1.82, 2.24) is 9.55 Å². The van der Waals surface area contributed by atoms with Gasteiger partial charge in [-0.1, -0.05) is 61.3 Å². The van der Waals surface area contributed by atoms with Crippen molar-refractivity contribution in [3.63, 3.8) is 0 Å². The van der Waals surface area contributed by atoms with Crippen LogP contribution in [0.1, 0.15) is 5.82 Å². The zero-order valence-electron chi connectivity index (χ0n) is 36.6. The molecule has 7 aromatic rings. The van der Waals surface area contributed by atoms with Crippen molar-refractivity contribution in [2.75, 3.05) is 0 Å². The summed E-state index contributed by atoms with van der Waals surface area (Å²) in [6.45, 7) is 0. The fourth-order valence-corrected chi connectivity index (χ4v) is 9.86. The summed E-state index contributed by atoms with van der Waals surface area (Å²) < 4.78 is 2.28. The zero-order chi connectivity index (χ0) is 40.7. The molecule has 1 heterocycles. The second-order valence-corrected chi connectivity index (χ2v) is 17.6. The SMILES string of the molecule is Bc1c(B)c(B)c2c(B)c(-c3c4c(B)c(B)c(B)c(B)c4c(-n4c(C(B)(B)C(B)(O)O)nc5ccccc54)c4c(B)c(B)c(B)c(B)c34)c(B)c(B)c2c1B. The molecular weight excluding hydrogens is 651 g/mol. The standard InChI is InChI=1S/C33H42B18N2O2/c34-15-10(18(37)19(38)12-11(15)20(39)26(45)27(46)21(12)40)7-8-13(22(41)28(47)24(43)16(8)35)30(14-9(7)17(36)25(44)29(48)23(14)42)53-6-4-2-1-3-5(6)52-31(53)32(49,50)33(51,54)55/h1-4,54-55H,34-51H2. The van der Waals surface area contributed by atoms with Gasteiger partial charge in [0.2, 0.25) is 0 Å². The van der Waals surface area contributed by atoms with E-state index >= 15 is 0 Å². The van der Waals surface area contributed by atoms with Crippen LogP contribution in [0.5, 0.6) is 0 Å². The second-order valence-electron chi connectivity index (χ2n) is 17.6. The van der Waals surface area contributed by atoms with E-state index in [0.29, 0.717) is 5.82 Å². The summed E-state index contributed by atoms with van der Waals surface area (Å²) in [7, 11) is 39.7. The zero-order valence-corrected chi connectivity index (χ0v) is 36.6. The van der Waals surface area contributed by atoms with E-state index in [4.69, 9.17) is 4.98 Å². The topological polar surface area (TPSA) is 58.3 Å². The van der Waals surface area contributed by atoms with Crippen molar-refractivity contribution >= 4 is 267 Å². The van der Waals surface area contributed by atoms with E-state index in [1.165, 1.54) is 133 Å².